The molecule has 0 aliphatic heterocycles. The van der Waals surface area contributed by atoms with Crippen LogP contribution in [0.1, 0.15) is 51.9 Å². The van der Waals surface area contributed by atoms with Crippen molar-refractivity contribution in [2.24, 2.45) is 11.8 Å². The first-order chi connectivity index (χ1) is 9.92. The molecular weight excluding hydrogens is 272 g/mol. The summed E-state index contributed by atoms with van der Waals surface area (Å²) in [6.07, 6.45) is 4.44. The second-order valence-corrected chi connectivity index (χ2v) is 6.47. The summed E-state index contributed by atoms with van der Waals surface area (Å²) in [4.78, 5) is 34.5. The third-order valence-electron chi connectivity index (χ3n) is 4.55. The zero-order chi connectivity index (χ0) is 15.5. The van der Waals surface area contributed by atoms with Crippen LogP contribution in [0.2, 0.25) is 0 Å². The van der Waals surface area contributed by atoms with Crippen LogP contribution in [0.15, 0.2) is 0 Å². The van der Waals surface area contributed by atoms with Crippen LogP contribution in [0, 0.1) is 11.8 Å². The van der Waals surface area contributed by atoms with E-state index in [9.17, 15) is 14.4 Å². The molecule has 0 radical (unpaired) electrons. The van der Waals surface area contributed by atoms with Crippen molar-refractivity contribution >= 4 is 17.8 Å². The van der Waals surface area contributed by atoms with Crippen LogP contribution in [0.4, 0.5) is 0 Å². The van der Waals surface area contributed by atoms with E-state index in [1.165, 1.54) is 0 Å². The minimum absolute atomic E-state index is 0.0231. The summed E-state index contributed by atoms with van der Waals surface area (Å²) in [6, 6.07) is 0. The highest BCUT2D eigenvalue weighted by molar-refractivity contribution is 5.83. The lowest BCUT2D eigenvalue weighted by Gasteiger charge is -2.28. The fraction of sp³-hybridized carbons (Fsp3) is 0.800. The standard InChI is InChI=1S/C15H24N2O4/c1-10-8-11(10)14(21)16-7-4-12(18)17-15(9-13(19)20)5-2-3-6-15/h10-11H,2-9H2,1H3,(H,16,21)(H,17,18)(H,19,20). The first kappa shape index (κ1) is 15.8. The van der Waals surface area contributed by atoms with Gasteiger partial charge in [0.15, 0.2) is 0 Å². The molecule has 0 aromatic rings. The van der Waals surface area contributed by atoms with Gasteiger partial charge in [-0.3, -0.25) is 14.4 Å². The molecule has 6 heteroatoms. The molecule has 2 unspecified atom stereocenters. The van der Waals surface area contributed by atoms with Gasteiger partial charge < -0.3 is 15.7 Å². The number of amides is 2. The van der Waals surface area contributed by atoms with E-state index in [2.05, 4.69) is 10.6 Å². The van der Waals surface area contributed by atoms with Crippen LogP contribution in [-0.4, -0.2) is 35.0 Å². The number of aliphatic carboxylic acids is 1. The van der Waals surface area contributed by atoms with Gasteiger partial charge in [-0.05, 0) is 25.2 Å². The van der Waals surface area contributed by atoms with Gasteiger partial charge >= 0.3 is 5.97 Å². The fourth-order valence-corrected chi connectivity index (χ4v) is 3.16. The van der Waals surface area contributed by atoms with Crippen LogP contribution >= 0.6 is 0 Å². The molecule has 2 atom stereocenters. The van der Waals surface area contributed by atoms with Crippen LogP contribution in [0.5, 0.6) is 0 Å². The maximum atomic E-state index is 12.0. The molecule has 0 saturated heterocycles. The van der Waals surface area contributed by atoms with E-state index < -0.39 is 11.5 Å². The number of hydrogen-bond donors (Lipinski definition) is 3. The Hall–Kier alpha value is -1.59. The van der Waals surface area contributed by atoms with Crippen molar-refractivity contribution in [3.8, 4) is 0 Å². The van der Waals surface area contributed by atoms with Gasteiger partial charge in [-0.2, -0.15) is 0 Å². The fourth-order valence-electron chi connectivity index (χ4n) is 3.16. The number of rotatable bonds is 7. The average Bonchev–Trinajstić information content (AvgIpc) is 2.95. The largest absolute Gasteiger partial charge is 0.481 e. The molecular formula is C15H24N2O4. The highest BCUT2D eigenvalue weighted by Crippen LogP contribution is 2.37. The molecule has 2 amide bonds. The summed E-state index contributed by atoms with van der Waals surface area (Å²) >= 11 is 0. The summed E-state index contributed by atoms with van der Waals surface area (Å²) < 4.78 is 0. The predicted molar refractivity (Wildman–Crippen MR) is 76.5 cm³/mol. The predicted octanol–water partition coefficient (Wildman–Crippen LogP) is 1.05. The molecule has 2 saturated carbocycles. The van der Waals surface area contributed by atoms with E-state index in [0.29, 0.717) is 12.5 Å². The number of carboxylic acid groups (broad SMARTS) is 1. The number of hydrogen-bond acceptors (Lipinski definition) is 3. The van der Waals surface area contributed by atoms with E-state index in [0.717, 1.165) is 32.1 Å². The summed E-state index contributed by atoms with van der Waals surface area (Å²) in [7, 11) is 0. The van der Waals surface area contributed by atoms with Crippen molar-refractivity contribution in [2.75, 3.05) is 6.54 Å². The van der Waals surface area contributed by atoms with Gasteiger partial charge in [0.25, 0.3) is 0 Å². The monoisotopic (exact) mass is 296 g/mol. The second-order valence-electron chi connectivity index (χ2n) is 6.47. The molecule has 3 N–H and O–H groups in total. The van der Waals surface area contributed by atoms with Crippen molar-refractivity contribution in [1.82, 2.24) is 10.6 Å². The Bertz CT molecular complexity index is 429. The summed E-state index contributed by atoms with van der Waals surface area (Å²) in [5.41, 5.74) is -0.585. The van der Waals surface area contributed by atoms with Crippen molar-refractivity contribution < 1.29 is 19.5 Å². The van der Waals surface area contributed by atoms with Crippen LogP contribution in [-0.2, 0) is 14.4 Å². The number of carboxylic acids is 1. The molecule has 21 heavy (non-hydrogen) atoms. The topological polar surface area (TPSA) is 95.5 Å². The third-order valence-corrected chi connectivity index (χ3v) is 4.55. The lowest BCUT2D eigenvalue weighted by atomic mass is 9.93. The van der Waals surface area contributed by atoms with E-state index in [4.69, 9.17) is 5.11 Å². The molecule has 118 valence electrons. The zero-order valence-corrected chi connectivity index (χ0v) is 12.5. The second kappa shape index (κ2) is 6.45. The van der Waals surface area contributed by atoms with Gasteiger partial charge in [-0.15, -0.1) is 0 Å². The van der Waals surface area contributed by atoms with Crippen LogP contribution in [0.3, 0.4) is 0 Å². The van der Waals surface area contributed by atoms with Gasteiger partial charge in [0.05, 0.1) is 12.0 Å². The molecule has 2 aliphatic carbocycles. The minimum atomic E-state index is -0.881. The van der Waals surface area contributed by atoms with Crippen molar-refractivity contribution in [3.05, 3.63) is 0 Å². The minimum Gasteiger partial charge on any atom is -0.481 e. The Labute approximate surface area is 124 Å². The van der Waals surface area contributed by atoms with Gasteiger partial charge in [0.1, 0.15) is 0 Å². The van der Waals surface area contributed by atoms with Gasteiger partial charge in [0, 0.05) is 18.9 Å². The quantitative estimate of drug-likeness (QED) is 0.654. The van der Waals surface area contributed by atoms with E-state index in [-0.39, 0.29) is 30.6 Å². The lowest BCUT2D eigenvalue weighted by Crippen LogP contribution is -2.48. The Kier molecular flexibility index (Phi) is 4.85. The van der Waals surface area contributed by atoms with E-state index in [1.807, 2.05) is 6.92 Å². The Morgan fingerprint density at radius 3 is 2.38 bits per heavy atom. The molecule has 0 bridgehead atoms. The molecule has 6 nitrogen and oxygen atoms in total. The van der Waals surface area contributed by atoms with Crippen LogP contribution < -0.4 is 10.6 Å². The maximum Gasteiger partial charge on any atom is 0.305 e. The molecule has 2 fully saturated rings. The van der Waals surface area contributed by atoms with Crippen molar-refractivity contribution in [2.45, 2.75) is 57.4 Å². The summed E-state index contributed by atoms with van der Waals surface area (Å²) in [5.74, 6) is -0.468. The highest BCUT2D eigenvalue weighted by Gasteiger charge is 2.39. The van der Waals surface area contributed by atoms with E-state index in [1.54, 1.807) is 0 Å². The SMILES string of the molecule is CC1CC1C(=O)NCCC(=O)NC1(CC(=O)O)CCCC1. The lowest BCUT2D eigenvalue weighted by molar-refractivity contribution is -0.139. The molecule has 0 heterocycles. The zero-order valence-electron chi connectivity index (χ0n) is 12.5. The van der Waals surface area contributed by atoms with Gasteiger partial charge in [-0.1, -0.05) is 19.8 Å². The number of nitrogens with one attached hydrogen (secondary N) is 2. The normalized spacial score (nSPS) is 26.1. The number of carbonyl (C=O) groups excluding carboxylic acids is 2. The van der Waals surface area contributed by atoms with E-state index >= 15 is 0 Å². The molecule has 2 aliphatic rings. The first-order valence-corrected chi connectivity index (χ1v) is 7.72. The van der Waals surface area contributed by atoms with Crippen molar-refractivity contribution in [3.63, 3.8) is 0 Å². The first-order valence-electron chi connectivity index (χ1n) is 7.72. The Morgan fingerprint density at radius 1 is 1.24 bits per heavy atom. The smallest absolute Gasteiger partial charge is 0.305 e. The summed E-state index contributed by atoms with van der Waals surface area (Å²) in [6.45, 7) is 2.35. The molecule has 0 aromatic carbocycles. The molecule has 0 aromatic heterocycles. The third kappa shape index (κ3) is 4.44. The molecule has 2 rings (SSSR count). The Morgan fingerprint density at radius 2 is 1.86 bits per heavy atom. The van der Waals surface area contributed by atoms with Crippen LogP contribution in [0.25, 0.3) is 0 Å². The summed E-state index contributed by atoms with van der Waals surface area (Å²) in [5, 5.41) is 14.6. The maximum absolute atomic E-state index is 12.0. The highest BCUT2D eigenvalue weighted by atomic mass is 16.4. The van der Waals surface area contributed by atoms with Crippen molar-refractivity contribution in [1.29, 1.82) is 0 Å². The number of carbonyl (C=O) groups is 3. The van der Waals surface area contributed by atoms with Gasteiger partial charge in [0.2, 0.25) is 11.8 Å². The van der Waals surface area contributed by atoms with Gasteiger partial charge in [-0.25, -0.2) is 0 Å². The average molecular weight is 296 g/mol. The Balaban J connectivity index is 1.72. The molecule has 0 spiro atoms.